The van der Waals surface area contributed by atoms with Gasteiger partial charge in [-0.3, -0.25) is 13.9 Å². The van der Waals surface area contributed by atoms with E-state index in [0.717, 1.165) is 15.4 Å². The van der Waals surface area contributed by atoms with E-state index >= 15 is 0 Å². The number of rotatable bonds is 11. The molecule has 0 fully saturated rings. The van der Waals surface area contributed by atoms with Crippen molar-refractivity contribution in [1.29, 1.82) is 0 Å². The molecule has 0 spiro atoms. The maximum Gasteiger partial charge on any atom is 0.264 e. The maximum absolute atomic E-state index is 14.5. The zero-order valence-electron chi connectivity index (χ0n) is 25.4. The van der Waals surface area contributed by atoms with Gasteiger partial charge < -0.3 is 10.2 Å². The van der Waals surface area contributed by atoms with E-state index in [-0.39, 0.29) is 29.5 Å². The van der Waals surface area contributed by atoms with Gasteiger partial charge in [-0.1, -0.05) is 96.5 Å². The first-order chi connectivity index (χ1) is 20.8. The van der Waals surface area contributed by atoms with Crippen LogP contribution in [-0.4, -0.2) is 43.3 Å². The number of hydrogen-bond donors (Lipinski definition) is 1. The zero-order valence-corrected chi connectivity index (χ0v) is 27.0. The molecule has 4 rings (SSSR count). The summed E-state index contributed by atoms with van der Waals surface area (Å²) in [7, 11) is -4.20. The minimum absolute atomic E-state index is 0.0353. The van der Waals surface area contributed by atoms with E-state index in [1.165, 1.54) is 17.0 Å². The minimum atomic E-state index is -4.20. The third-order valence-electron chi connectivity index (χ3n) is 7.01. The van der Waals surface area contributed by atoms with Crippen LogP contribution in [0.25, 0.3) is 0 Å². The van der Waals surface area contributed by atoms with Crippen LogP contribution in [0.5, 0.6) is 0 Å². The number of aryl methyl sites for hydroxylation is 1. The van der Waals surface area contributed by atoms with Crippen LogP contribution >= 0.6 is 11.6 Å². The fraction of sp³-hybridized carbons (Fsp3) is 0.257. The van der Waals surface area contributed by atoms with Crippen LogP contribution in [-0.2, 0) is 32.6 Å². The molecule has 0 unspecified atom stereocenters. The SMILES string of the molecule is Cc1ccc(Cl)cc1N(CC(=O)N(Cc1ccccc1)[C@@H](Cc1ccccc1)C(=O)NC(C)(C)C)S(=O)(=O)c1ccccc1. The van der Waals surface area contributed by atoms with Crippen LogP contribution in [0.4, 0.5) is 5.69 Å². The molecular formula is C35H38ClN3O4S. The number of hydrogen-bond acceptors (Lipinski definition) is 4. The summed E-state index contributed by atoms with van der Waals surface area (Å²) in [5.41, 5.74) is 2.02. The van der Waals surface area contributed by atoms with Gasteiger partial charge in [-0.2, -0.15) is 0 Å². The molecule has 0 saturated carbocycles. The molecule has 0 aliphatic rings. The van der Waals surface area contributed by atoms with Crippen LogP contribution in [0, 0.1) is 6.92 Å². The highest BCUT2D eigenvalue weighted by Crippen LogP contribution is 2.30. The molecule has 0 aromatic heterocycles. The Kier molecular flexibility index (Phi) is 10.5. The van der Waals surface area contributed by atoms with Gasteiger partial charge in [-0.25, -0.2) is 8.42 Å². The van der Waals surface area contributed by atoms with Crippen LogP contribution in [0.3, 0.4) is 0 Å². The number of carbonyl (C=O) groups is 2. The van der Waals surface area contributed by atoms with E-state index in [2.05, 4.69) is 5.32 Å². The van der Waals surface area contributed by atoms with Gasteiger partial charge in [0.25, 0.3) is 10.0 Å². The van der Waals surface area contributed by atoms with Gasteiger partial charge >= 0.3 is 0 Å². The lowest BCUT2D eigenvalue weighted by molar-refractivity contribution is -0.140. The van der Waals surface area contributed by atoms with Crippen molar-refractivity contribution in [2.75, 3.05) is 10.8 Å². The smallest absolute Gasteiger partial charge is 0.264 e. The van der Waals surface area contributed by atoms with E-state index in [0.29, 0.717) is 10.6 Å². The molecule has 230 valence electrons. The Balaban J connectivity index is 1.83. The molecule has 4 aromatic carbocycles. The molecule has 7 nitrogen and oxygen atoms in total. The molecule has 44 heavy (non-hydrogen) atoms. The lowest BCUT2D eigenvalue weighted by Crippen LogP contribution is -2.56. The Morgan fingerprint density at radius 1 is 0.818 bits per heavy atom. The zero-order chi connectivity index (χ0) is 31.9. The third kappa shape index (κ3) is 8.49. The third-order valence-corrected chi connectivity index (χ3v) is 9.02. The van der Waals surface area contributed by atoms with E-state index in [1.807, 2.05) is 81.4 Å². The topological polar surface area (TPSA) is 86.8 Å². The normalized spacial score (nSPS) is 12.3. The van der Waals surface area contributed by atoms with Crippen molar-refractivity contribution < 1.29 is 18.0 Å². The van der Waals surface area contributed by atoms with Crippen LogP contribution in [0.15, 0.2) is 114 Å². The Hall–Kier alpha value is -4.14. The van der Waals surface area contributed by atoms with Crippen molar-refractivity contribution in [1.82, 2.24) is 10.2 Å². The molecule has 0 bridgehead atoms. The average Bonchev–Trinajstić information content (AvgIpc) is 2.99. The molecule has 0 heterocycles. The predicted octanol–water partition coefficient (Wildman–Crippen LogP) is 6.40. The van der Waals surface area contributed by atoms with Crippen molar-refractivity contribution >= 4 is 39.1 Å². The summed E-state index contributed by atoms with van der Waals surface area (Å²) in [6.07, 6.45) is 0.239. The second-order valence-corrected chi connectivity index (χ2v) is 14.0. The van der Waals surface area contributed by atoms with Crippen molar-refractivity contribution in [3.05, 3.63) is 131 Å². The number of benzene rings is 4. The largest absolute Gasteiger partial charge is 0.350 e. The van der Waals surface area contributed by atoms with Crippen molar-refractivity contribution in [3.8, 4) is 0 Å². The summed E-state index contributed by atoms with van der Waals surface area (Å²) < 4.78 is 29.3. The Labute approximate surface area is 265 Å². The number of amides is 2. The van der Waals surface area contributed by atoms with Gasteiger partial charge in [0, 0.05) is 23.5 Å². The van der Waals surface area contributed by atoms with Crippen LogP contribution in [0.2, 0.25) is 5.02 Å². The first-order valence-corrected chi connectivity index (χ1v) is 16.2. The fourth-order valence-corrected chi connectivity index (χ4v) is 6.53. The molecule has 0 aliphatic heterocycles. The summed E-state index contributed by atoms with van der Waals surface area (Å²) in [4.78, 5) is 30.0. The van der Waals surface area contributed by atoms with Crippen LogP contribution in [0.1, 0.15) is 37.5 Å². The summed E-state index contributed by atoms with van der Waals surface area (Å²) in [6.45, 7) is 6.96. The van der Waals surface area contributed by atoms with Gasteiger partial charge in [0.05, 0.1) is 10.6 Å². The molecule has 2 amide bonds. The molecule has 1 atom stereocenters. The number of sulfonamides is 1. The molecule has 9 heteroatoms. The highest BCUT2D eigenvalue weighted by Gasteiger charge is 2.36. The molecule has 0 aliphatic carbocycles. The Morgan fingerprint density at radius 2 is 1.36 bits per heavy atom. The van der Waals surface area contributed by atoms with Crippen molar-refractivity contribution in [2.45, 2.75) is 57.1 Å². The Bertz CT molecular complexity index is 1680. The second-order valence-electron chi connectivity index (χ2n) is 11.7. The maximum atomic E-state index is 14.5. The number of anilines is 1. The van der Waals surface area contributed by atoms with Crippen molar-refractivity contribution in [3.63, 3.8) is 0 Å². The highest BCUT2D eigenvalue weighted by molar-refractivity contribution is 7.92. The number of nitrogens with one attached hydrogen (secondary N) is 1. The Morgan fingerprint density at radius 3 is 1.93 bits per heavy atom. The highest BCUT2D eigenvalue weighted by atomic mass is 35.5. The molecule has 1 N–H and O–H groups in total. The molecular weight excluding hydrogens is 594 g/mol. The van der Waals surface area contributed by atoms with E-state index in [4.69, 9.17) is 11.6 Å². The number of carbonyl (C=O) groups excluding carboxylic acids is 2. The van der Waals surface area contributed by atoms with Gasteiger partial charge in [-0.15, -0.1) is 0 Å². The summed E-state index contributed by atoms with van der Waals surface area (Å²) >= 11 is 6.34. The lowest BCUT2D eigenvalue weighted by atomic mass is 10.0. The summed E-state index contributed by atoms with van der Waals surface area (Å²) in [5, 5.41) is 3.37. The standard InChI is InChI=1S/C35H38ClN3O4S/c1-26-20-21-29(36)23-31(26)39(44(42,43)30-18-12-7-13-19-30)25-33(40)38(24-28-16-10-6-11-17-28)32(34(41)37-35(2,3)4)22-27-14-8-5-9-15-27/h5-21,23,32H,22,24-25H2,1-4H3,(H,37,41)/t32-/m0/s1. The van der Waals surface area contributed by atoms with E-state index in [1.54, 1.807) is 43.3 Å². The lowest BCUT2D eigenvalue weighted by Gasteiger charge is -2.35. The average molecular weight is 632 g/mol. The van der Waals surface area contributed by atoms with E-state index < -0.39 is 34.1 Å². The van der Waals surface area contributed by atoms with Gasteiger partial charge in [-0.05, 0) is 68.7 Å². The van der Waals surface area contributed by atoms with Gasteiger partial charge in [0.15, 0.2) is 0 Å². The van der Waals surface area contributed by atoms with E-state index in [9.17, 15) is 18.0 Å². The molecule has 0 saturated heterocycles. The number of nitrogens with zero attached hydrogens (tertiary/aromatic N) is 2. The fourth-order valence-electron chi connectivity index (χ4n) is 4.87. The van der Waals surface area contributed by atoms with Crippen molar-refractivity contribution in [2.24, 2.45) is 0 Å². The van der Waals surface area contributed by atoms with Gasteiger partial charge in [0.2, 0.25) is 11.8 Å². The molecule has 4 aromatic rings. The monoisotopic (exact) mass is 631 g/mol. The first-order valence-electron chi connectivity index (χ1n) is 14.4. The minimum Gasteiger partial charge on any atom is -0.350 e. The van der Waals surface area contributed by atoms with Crippen LogP contribution < -0.4 is 9.62 Å². The van der Waals surface area contributed by atoms with Gasteiger partial charge in [0.1, 0.15) is 12.6 Å². The summed E-state index contributed by atoms with van der Waals surface area (Å²) in [6, 6.07) is 30.8. The molecule has 0 radical (unpaired) electrons. The summed E-state index contributed by atoms with van der Waals surface area (Å²) in [5.74, 6) is -0.861. The predicted molar refractivity (Wildman–Crippen MR) is 176 cm³/mol. The quantitative estimate of drug-likeness (QED) is 0.208. The first kappa shape index (κ1) is 32.8. The number of halogens is 1. The second kappa shape index (κ2) is 14.1.